The predicted octanol–water partition coefficient (Wildman–Crippen LogP) is 3.96. The molecule has 4 unspecified atom stereocenters. The molecule has 4 atom stereocenters. The maximum Gasteiger partial charge on any atom is 0.0681 e. The molecule has 0 heterocycles. The average molecular weight is 447 g/mol. The lowest BCUT2D eigenvalue weighted by atomic mass is 10.0. The molecular formula is C25H54N2O4. The Morgan fingerprint density at radius 1 is 0.516 bits per heavy atom. The number of aliphatic hydroxyl groups is 4. The van der Waals surface area contributed by atoms with Crippen molar-refractivity contribution in [2.45, 2.75) is 123 Å². The highest BCUT2D eigenvalue weighted by molar-refractivity contribution is 4.74. The average Bonchev–Trinajstić information content (AvgIpc) is 2.76. The number of hydrazine groups is 1. The molecule has 0 fully saturated rings. The largest absolute Gasteiger partial charge is 0.396 e. The van der Waals surface area contributed by atoms with Crippen molar-refractivity contribution in [1.82, 2.24) is 10.0 Å². The first-order valence-corrected chi connectivity index (χ1v) is 13.1. The van der Waals surface area contributed by atoms with Gasteiger partial charge in [0.15, 0.2) is 0 Å². The normalized spacial score (nSPS) is 16.1. The highest BCUT2D eigenvalue weighted by atomic mass is 16.3. The highest BCUT2D eigenvalue weighted by Crippen LogP contribution is 2.16. The van der Waals surface area contributed by atoms with Crippen molar-refractivity contribution in [3.05, 3.63) is 0 Å². The summed E-state index contributed by atoms with van der Waals surface area (Å²) in [7, 11) is 0. The molecule has 0 aromatic carbocycles. The van der Waals surface area contributed by atoms with Crippen LogP contribution in [0.4, 0.5) is 0 Å². The van der Waals surface area contributed by atoms with Crippen LogP contribution < -0.4 is 0 Å². The number of rotatable bonds is 22. The van der Waals surface area contributed by atoms with Crippen LogP contribution in [0, 0.1) is 5.92 Å². The summed E-state index contributed by atoms with van der Waals surface area (Å²) in [6.07, 6.45) is 10.0. The molecule has 0 aliphatic heterocycles. The van der Waals surface area contributed by atoms with Crippen LogP contribution in [0.25, 0.3) is 0 Å². The molecule has 0 saturated carbocycles. The zero-order valence-corrected chi connectivity index (χ0v) is 21.0. The Labute approximate surface area is 192 Å². The number of unbranched alkanes of at least 4 members (excludes halogenated alkanes) is 4. The van der Waals surface area contributed by atoms with Crippen LogP contribution in [0.15, 0.2) is 0 Å². The molecule has 188 valence electrons. The van der Waals surface area contributed by atoms with Crippen LogP contribution in [0.1, 0.15) is 105 Å². The Morgan fingerprint density at radius 2 is 0.839 bits per heavy atom. The second-order valence-electron chi connectivity index (χ2n) is 9.32. The van der Waals surface area contributed by atoms with Crippen LogP contribution in [-0.4, -0.2) is 81.5 Å². The maximum absolute atomic E-state index is 10.7. The van der Waals surface area contributed by atoms with Gasteiger partial charge in [-0.3, -0.25) is 0 Å². The monoisotopic (exact) mass is 446 g/mol. The molecule has 0 amide bonds. The molecule has 0 saturated heterocycles. The second kappa shape index (κ2) is 20.4. The van der Waals surface area contributed by atoms with E-state index in [1.807, 2.05) is 0 Å². The Balaban J connectivity index is 5.43. The summed E-state index contributed by atoms with van der Waals surface area (Å²) in [4.78, 5) is 0. The van der Waals surface area contributed by atoms with Crippen LogP contribution in [0.2, 0.25) is 0 Å². The molecule has 0 radical (unpaired) electrons. The van der Waals surface area contributed by atoms with Crippen LogP contribution in [0.3, 0.4) is 0 Å². The topological polar surface area (TPSA) is 87.4 Å². The summed E-state index contributed by atoms with van der Waals surface area (Å²) in [6, 6.07) is 0. The summed E-state index contributed by atoms with van der Waals surface area (Å²) in [6.45, 7) is 10.7. The van der Waals surface area contributed by atoms with Crippen molar-refractivity contribution in [1.29, 1.82) is 0 Å². The van der Waals surface area contributed by atoms with Gasteiger partial charge in [0.1, 0.15) is 0 Å². The highest BCUT2D eigenvalue weighted by Gasteiger charge is 2.26. The third kappa shape index (κ3) is 16.1. The van der Waals surface area contributed by atoms with Gasteiger partial charge in [0.05, 0.1) is 18.3 Å². The summed E-state index contributed by atoms with van der Waals surface area (Å²) in [5, 5.41) is 46.0. The van der Waals surface area contributed by atoms with E-state index in [4.69, 9.17) is 0 Å². The number of aliphatic hydroxyl groups excluding tert-OH is 4. The van der Waals surface area contributed by atoms with E-state index in [1.54, 1.807) is 0 Å². The molecule has 0 aliphatic rings. The van der Waals surface area contributed by atoms with Gasteiger partial charge in [0.25, 0.3) is 0 Å². The van der Waals surface area contributed by atoms with E-state index >= 15 is 0 Å². The second-order valence-corrected chi connectivity index (χ2v) is 9.32. The van der Waals surface area contributed by atoms with E-state index in [0.717, 1.165) is 77.0 Å². The van der Waals surface area contributed by atoms with Crippen molar-refractivity contribution in [3.63, 3.8) is 0 Å². The molecule has 31 heavy (non-hydrogen) atoms. The van der Waals surface area contributed by atoms with Crippen LogP contribution >= 0.6 is 0 Å². The summed E-state index contributed by atoms with van der Waals surface area (Å²) < 4.78 is 0. The van der Waals surface area contributed by atoms with Crippen molar-refractivity contribution in [2.24, 2.45) is 5.92 Å². The fourth-order valence-corrected chi connectivity index (χ4v) is 3.97. The van der Waals surface area contributed by atoms with Gasteiger partial charge in [-0.2, -0.15) is 0 Å². The standard InChI is InChI=1S/C25H54N2O4/c1-5-9-13-22(21-28)17-26(18-23(29)14-10-6-2)27(19-24(30)15-11-7-3)20-25(31)16-12-8-4/h22-25,28-31H,5-21H2,1-4H3. The molecule has 4 N–H and O–H groups in total. The van der Waals surface area contributed by atoms with Gasteiger partial charge in [-0.1, -0.05) is 79.1 Å². The van der Waals surface area contributed by atoms with E-state index in [2.05, 4.69) is 37.7 Å². The Bertz CT molecular complexity index is 371. The zero-order valence-electron chi connectivity index (χ0n) is 21.0. The SMILES string of the molecule is CCCCC(O)CN(CC(O)CCCC)N(CC(O)CCCC)CC(CO)CCCC. The molecular weight excluding hydrogens is 392 g/mol. The smallest absolute Gasteiger partial charge is 0.0681 e. The Hall–Kier alpha value is -0.240. The minimum absolute atomic E-state index is 0.117. The van der Waals surface area contributed by atoms with E-state index < -0.39 is 18.3 Å². The van der Waals surface area contributed by atoms with Gasteiger partial charge in [0, 0.05) is 32.8 Å². The van der Waals surface area contributed by atoms with Crippen LogP contribution in [-0.2, 0) is 0 Å². The molecule has 0 rings (SSSR count). The van der Waals surface area contributed by atoms with E-state index in [1.165, 1.54) is 0 Å². The third-order valence-electron chi connectivity index (χ3n) is 6.03. The minimum atomic E-state index is -0.461. The fourth-order valence-electron chi connectivity index (χ4n) is 3.97. The summed E-state index contributed by atoms with van der Waals surface area (Å²) >= 11 is 0. The van der Waals surface area contributed by atoms with Gasteiger partial charge >= 0.3 is 0 Å². The van der Waals surface area contributed by atoms with E-state index in [0.29, 0.717) is 26.2 Å². The predicted molar refractivity (Wildman–Crippen MR) is 130 cm³/mol. The maximum atomic E-state index is 10.7. The van der Waals surface area contributed by atoms with E-state index in [-0.39, 0.29) is 12.5 Å². The lowest BCUT2D eigenvalue weighted by Crippen LogP contribution is -2.53. The third-order valence-corrected chi connectivity index (χ3v) is 6.03. The Kier molecular flexibility index (Phi) is 20.2. The number of nitrogens with zero attached hydrogens (tertiary/aromatic N) is 2. The van der Waals surface area contributed by atoms with Gasteiger partial charge in [-0.05, 0) is 31.6 Å². The lowest BCUT2D eigenvalue weighted by molar-refractivity contribution is -0.105. The van der Waals surface area contributed by atoms with Crippen molar-refractivity contribution < 1.29 is 20.4 Å². The molecule has 0 aliphatic carbocycles. The van der Waals surface area contributed by atoms with Gasteiger partial charge < -0.3 is 20.4 Å². The summed E-state index contributed by atoms with van der Waals surface area (Å²) in [5.41, 5.74) is 0. The molecule has 6 heteroatoms. The summed E-state index contributed by atoms with van der Waals surface area (Å²) in [5.74, 6) is 0.126. The zero-order chi connectivity index (χ0) is 23.5. The van der Waals surface area contributed by atoms with Gasteiger partial charge in [-0.15, -0.1) is 0 Å². The fraction of sp³-hybridized carbons (Fsp3) is 1.00. The first kappa shape index (κ1) is 30.8. The molecule has 6 nitrogen and oxygen atoms in total. The molecule has 0 aromatic heterocycles. The van der Waals surface area contributed by atoms with Gasteiger partial charge in [0.2, 0.25) is 0 Å². The first-order chi connectivity index (χ1) is 14.9. The van der Waals surface area contributed by atoms with Crippen molar-refractivity contribution in [2.75, 3.05) is 32.8 Å². The number of hydrogen-bond acceptors (Lipinski definition) is 6. The van der Waals surface area contributed by atoms with E-state index in [9.17, 15) is 20.4 Å². The molecule has 0 spiro atoms. The van der Waals surface area contributed by atoms with Crippen molar-refractivity contribution >= 4 is 0 Å². The quantitative estimate of drug-likeness (QED) is 0.188. The number of hydrogen-bond donors (Lipinski definition) is 4. The molecule has 0 bridgehead atoms. The molecule has 0 aromatic rings. The van der Waals surface area contributed by atoms with Crippen molar-refractivity contribution in [3.8, 4) is 0 Å². The van der Waals surface area contributed by atoms with Gasteiger partial charge in [-0.25, -0.2) is 10.0 Å². The first-order valence-electron chi connectivity index (χ1n) is 13.1. The lowest BCUT2D eigenvalue weighted by Gasteiger charge is -2.40. The minimum Gasteiger partial charge on any atom is -0.396 e. The Morgan fingerprint density at radius 3 is 1.16 bits per heavy atom. The van der Waals surface area contributed by atoms with Crippen LogP contribution in [0.5, 0.6) is 0 Å².